The molecule has 2 saturated carbocycles. The number of benzene rings is 1. The molecule has 2 fully saturated rings. The zero-order valence-corrected chi connectivity index (χ0v) is 21.2. The molecule has 0 N–H and O–H groups in total. The summed E-state index contributed by atoms with van der Waals surface area (Å²) >= 11 is 0. The van der Waals surface area contributed by atoms with Gasteiger partial charge in [-0.25, -0.2) is 0 Å². The van der Waals surface area contributed by atoms with Crippen molar-refractivity contribution in [3.63, 3.8) is 0 Å². The Kier molecular flexibility index (Phi) is 11.8. The number of hydrogen-bond acceptors (Lipinski definition) is 2. The van der Waals surface area contributed by atoms with Gasteiger partial charge in [-0.1, -0.05) is 57.4 Å². The first kappa shape index (κ1) is 25.7. The molecule has 0 saturated heterocycles. The van der Waals surface area contributed by atoms with Crippen LogP contribution in [0.5, 0.6) is 11.5 Å². The van der Waals surface area contributed by atoms with Crippen LogP contribution < -0.4 is 9.47 Å². The SMILES string of the molecule is CCCCCOc1ccc(OCC2CCC(C#CC=CC3CCC(CCC)CC3)CC2)cc1. The maximum absolute atomic E-state index is 6.06. The first-order chi connectivity index (χ1) is 16.3. The van der Waals surface area contributed by atoms with E-state index in [9.17, 15) is 0 Å². The van der Waals surface area contributed by atoms with Gasteiger partial charge < -0.3 is 9.47 Å². The molecular formula is C31H46O2. The largest absolute Gasteiger partial charge is 0.494 e. The quantitative estimate of drug-likeness (QED) is 0.248. The van der Waals surface area contributed by atoms with E-state index in [4.69, 9.17) is 9.47 Å². The molecule has 3 rings (SSSR count). The molecule has 0 radical (unpaired) electrons. The minimum atomic E-state index is 0.565. The van der Waals surface area contributed by atoms with Gasteiger partial charge in [-0.2, -0.15) is 0 Å². The molecule has 0 spiro atoms. The van der Waals surface area contributed by atoms with E-state index >= 15 is 0 Å². The number of hydrogen-bond donors (Lipinski definition) is 0. The van der Waals surface area contributed by atoms with Crippen molar-refractivity contribution in [3.05, 3.63) is 36.4 Å². The van der Waals surface area contributed by atoms with Crippen molar-refractivity contribution in [2.24, 2.45) is 23.7 Å². The topological polar surface area (TPSA) is 18.5 Å². The summed E-state index contributed by atoms with van der Waals surface area (Å²) in [6.07, 6.45) is 21.3. The molecule has 2 aliphatic carbocycles. The standard InChI is InChI=1S/C31H46O2/c1-3-5-8-24-32-30-20-22-31(23-21-30)33-25-29-18-16-28(17-19-29)11-7-6-10-27-14-12-26(9-4-2)13-15-27/h6,10,20-23,26-29H,3-5,8-9,12-19,24-25H2,1-2H3. The zero-order chi connectivity index (χ0) is 23.1. The lowest BCUT2D eigenvalue weighted by atomic mass is 9.80. The van der Waals surface area contributed by atoms with E-state index in [1.54, 1.807) is 0 Å². The highest BCUT2D eigenvalue weighted by Gasteiger charge is 2.21. The van der Waals surface area contributed by atoms with Crippen molar-refractivity contribution >= 4 is 0 Å². The summed E-state index contributed by atoms with van der Waals surface area (Å²) in [7, 11) is 0. The van der Waals surface area contributed by atoms with E-state index in [0.29, 0.717) is 11.8 Å². The van der Waals surface area contributed by atoms with E-state index in [1.807, 2.05) is 24.3 Å². The molecule has 0 aromatic heterocycles. The first-order valence-electron chi connectivity index (χ1n) is 13.8. The van der Waals surface area contributed by atoms with Crippen molar-refractivity contribution in [1.82, 2.24) is 0 Å². The average molecular weight is 451 g/mol. The first-order valence-corrected chi connectivity index (χ1v) is 13.8. The van der Waals surface area contributed by atoms with E-state index < -0.39 is 0 Å². The van der Waals surface area contributed by atoms with Gasteiger partial charge in [0.25, 0.3) is 0 Å². The van der Waals surface area contributed by atoms with Crippen LogP contribution in [0.15, 0.2) is 36.4 Å². The predicted octanol–water partition coefficient (Wildman–Crippen LogP) is 8.61. The lowest BCUT2D eigenvalue weighted by Gasteiger charge is -2.26. The van der Waals surface area contributed by atoms with Gasteiger partial charge in [0.15, 0.2) is 0 Å². The molecule has 1 aromatic rings. The van der Waals surface area contributed by atoms with Crippen LogP contribution in [0, 0.1) is 35.5 Å². The van der Waals surface area contributed by atoms with Crippen LogP contribution in [0.1, 0.15) is 97.3 Å². The molecule has 2 nitrogen and oxygen atoms in total. The summed E-state index contributed by atoms with van der Waals surface area (Å²) in [6, 6.07) is 8.13. The van der Waals surface area contributed by atoms with Gasteiger partial charge in [0.05, 0.1) is 13.2 Å². The third kappa shape index (κ3) is 9.87. The van der Waals surface area contributed by atoms with Crippen molar-refractivity contribution in [3.8, 4) is 23.3 Å². The van der Waals surface area contributed by atoms with Crippen molar-refractivity contribution < 1.29 is 9.47 Å². The summed E-state index contributed by atoms with van der Waals surface area (Å²) in [5.41, 5.74) is 0. The second kappa shape index (κ2) is 15.1. The number of allylic oxidation sites excluding steroid dienone is 2. The highest BCUT2D eigenvalue weighted by molar-refractivity contribution is 5.31. The highest BCUT2D eigenvalue weighted by atomic mass is 16.5. The Morgan fingerprint density at radius 1 is 0.788 bits per heavy atom. The van der Waals surface area contributed by atoms with Gasteiger partial charge in [0.1, 0.15) is 11.5 Å². The van der Waals surface area contributed by atoms with Crippen LogP contribution in [-0.4, -0.2) is 13.2 Å². The monoisotopic (exact) mass is 450 g/mol. The van der Waals surface area contributed by atoms with Crippen molar-refractivity contribution in [2.75, 3.05) is 13.2 Å². The minimum absolute atomic E-state index is 0.565. The Morgan fingerprint density at radius 2 is 1.45 bits per heavy atom. The number of ether oxygens (including phenoxy) is 2. The Labute approximate surface area is 203 Å². The molecule has 2 heteroatoms. The summed E-state index contributed by atoms with van der Waals surface area (Å²) in [6.45, 7) is 6.14. The second-order valence-corrected chi connectivity index (χ2v) is 10.3. The molecule has 182 valence electrons. The molecule has 0 aliphatic heterocycles. The Balaban J connectivity index is 1.28. The Bertz CT molecular complexity index is 722. The molecule has 0 bridgehead atoms. The molecular weight excluding hydrogens is 404 g/mol. The van der Waals surface area contributed by atoms with Gasteiger partial charge in [0.2, 0.25) is 0 Å². The average Bonchev–Trinajstić information content (AvgIpc) is 2.86. The maximum atomic E-state index is 6.06. The van der Waals surface area contributed by atoms with Crippen molar-refractivity contribution in [1.29, 1.82) is 0 Å². The van der Waals surface area contributed by atoms with Gasteiger partial charge >= 0.3 is 0 Å². The molecule has 0 unspecified atom stereocenters. The van der Waals surface area contributed by atoms with Crippen LogP contribution in [0.2, 0.25) is 0 Å². The van der Waals surface area contributed by atoms with Crippen LogP contribution in [-0.2, 0) is 0 Å². The summed E-state index contributed by atoms with van der Waals surface area (Å²) in [5, 5.41) is 0. The fourth-order valence-electron chi connectivity index (χ4n) is 5.29. The molecule has 2 aliphatic rings. The van der Waals surface area contributed by atoms with Crippen LogP contribution >= 0.6 is 0 Å². The minimum Gasteiger partial charge on any atom is -0.494 e. The highest BCUT2D eigenvalue weighted by Crippen LogP contribution is 2.32. The third-order valence-corrected chi connectivity index (χ3v) is 7.50. The van der Waals surface area contributed by atoms with E-state index in [-0.39, 0.29) is 0 Å². The summed E-state index contributed by atoms with van der Waals surface area (Å²) in [5.74, 6) is 11.7. The molecule has 33 heavy (non-hydrogen) atoms. The van der Waals surface area contributed by atoms with Gasteiger partial charge in [-0.05, 0) is 106 Å². The second-order valence-electron chi connectivity index (χ2n) is 10.3. The predicted molar refractivity (Wildman–Crippen MR) is 140 cm³/mol. The Morgan fingerprint density at radius 3 is 2.12 bits per heavy atom. The van der Waals surface area contributed by atoms with E-state index in [0.717, 1.165) is 43.0 Å². The van der Waals surface area contributed by atoms with Crippen LogP contribution in [0.25, 0.3) is 0 Å². The molecule has 0 amide bonds. The van der Waals surface area contributed by atoms with Crippen LogP contribution in [0.3, 0.4) is 0 Å². The van der Waals surface area contributed by atoms with Crippen LogP contribution in [0.4, 0.5) is 0 Å². The molecule has 1 aromatic carbocycles. The van der Waals surface area contributed by atoms with Crippen molar-refractivity contribution in [2.45, 2.75) is 97.3 Å². The van der Waals surface area contributed by atoms with Gasteiger partial charge in [-0.3, -0.25) is 0 Å². The zero-order valence-electron chi connectivity index (χ0n) is 21.2. The fourth-order valence-corrected chi connectivity index (χ4v) is 5.29. The lowest BCUT2D eigenvalue weighted by molar-refractivity contribution is 0.196. The fraction of sp³-hybridized carbons (Fsp3) is 0.677. The molecule has 0 heterocycles. The Hall–Kier alpha value is -1.88. The van der Waals surface area contributed by atoms with Gasteiger partial charge in [-0.15, -0.1) is 0 Å². The third-order valence-electron chi connectivity index (χ3n) is 7.50. The lowest BCUT2D eigenvalue weighted by Crippen LogP contribution is -2.19. The number of rotatable bonds is 11. The molecule has 0 atom stereocenters. The van der Waals surface area contributed by atoms with E-state index in [1.165, 1.54) is 77.0 Å². The number of unbranched alkanes of at least 4 members (excludes halogenated alkanes) is 2. The maximum Gasteiger partial charge on any atom is 0.119 e. The van der Waals surface area contributed by atoms with E-state index in [2.05, 4.69) is 37.8 Å². The smallest absolute Gasteiger partial charge is 0.119 e. The summed E-state index contributed by atoms with van der Waals surface area (Å²) in [4.78, 5) is 0. The normalized spacial score (nSPS) is 25.4. The van der Waals surface area contributed by atoms with Gasteiger partial charge in [0, 0.05) is 5.92 Å². The summed E-state index contributed by atoms with van der Waals surface area (Å²) < 4.78 is 11.8.